The van der Waals surface area contributed by atoms with Crippen LogP contribution in [0.5, 0.6) is 0 Å². The van der Waals surface area contributed by atoms with Gasteiger partial charge in [0.1, 0.15) is 0 Å². The van der Waals surface area contributed by atoms with Gasteiger partial charge in [0.25, 0.3) is 0 Å². The summed E-state index contributed by atoms with van der Waals surface area (Å²) < 4.78 is 4.94. The van der Waals surface area contributed by atoms with E-state index in [0.717, 1.165) is 35.2 Å². The Bertz CT molecular complexity index is 1270. The molecule has 2 heterocycles. The summed E-state index contributed by atoms with van der Waals surface area (Å²) in [5.41, 5.74) is 8.10. The molecule has 0 saturated heterocycles. The Hall–Kier alpha value is -3.87. The van der Waals surface area contributed by atoms with Gasteiger partial charge in [-0.25, -0.2) is 4.79 Å². The first-order valence-electron chi connectivity index (χ1n) is 12.7. The van der Waals surface area contributed by atoms with E-state index in [1.807, 2.05) is 24.5 Å². The normalized spacial score (nSPS) is 19.7. The average Bonchev–Trinajstić information content (AvgIpc) is 3.09. The third-order valence-corrected chi connectivity index (χ3v) is 7.17. The van der Waals surface area contributed by atoms with Gasteiger partial charge < -0.3 is 20.7 Å². The van der Waals surface area contributed by atoms with Gasteiger partial charge in [-0.3, -0.25) is 9.78 Å². The molecule has 7 heteroatoms. The number of nitrogens with one attached hydrogen (secondary N) is 3. The van der Waals surface area contributed by atoms with Crippen molar-refractivity contribution >= 4 is 17.7 Å². The molecular weight excluding hydrogens is 452 g/mol. The Balaban J connectivity index is 1.44. The number of nitrogens with zero attached hydrogens (tertiary/aromatic N) is 1. The molecule has 3 aromatic rings. The van der Waals surface area contributed by atoms with E-state index in [1.54, 1.807) is 6.92 Å². The molecule has 3 unspecified atom stereocenters. The lowest BCUT2D eigenvalue weighted by molar-refractivity contribution is -0.142. The minimum absolute atomic E-state index is 0.121. The van der Waals surface area contributed by atoms with Gasteiger partial charge in [0.15, 0.2) is 0 Å². The van der Waals surface area contributed by atoms with Crippen LogP contribution in [0.1, 0.15) is 61.0 Å². The quantitative estimate of drug-likeness (QED) is 0.422. The molecular formula is C29H32N4O3. The maximum Gasteiger partial charge on any atom is 0.315 e. The molecule has 0 bridgehead atoms. The molecule has 5 rings (SSSR count). The number of esters is 1. The van der Waals surface area contributed by atoms with Crippen molar-refractivity contribution in [3.05, 3.63) is 83.2 Å². The van der Waals surface area contributed by atoms with Crippen LogP contribution in [-0.4, -0.2) is 30.1 Å². The first-order valence-corrected chi connectivity index (χ1v) is 12.7. The highest BCUT2D eigenvalue weighted by Gasteiger charge is 2.35. The van der Waals surface area contributed by atoms with E-state index >= 15 is 0 Å². The molecule has 1 aliphatic heterocycles. The van der Waals surface area contributed by atoms with Crippen molar-refractivity contribution in [3.8, 4) is 11.1 Å². The number of urea groups is 1. The molecule has 3 N–H and O–H groups in total. The zero-order chi connectivity index (χ0) is 25.1. The lowest BCUT2D eigenvalue weighted by Gasteiger charge is -2.27. The second kappa shape index (κ2) is 10.4. The minimum atomic E-state index is -0.319. The highest BCUT2D eigenvalue weighted by molar-refractivity contribution is 5.85. The van der Waals surface area contributed by atoms with E-state index in [4.69, 9.17) is 4.74 Å². The monoisotopic (exact) mass is 484 g/mol. The van der Waals surface area contributed by atoms with E-state index in [2.05, 4.69) is 64.3 Å². The summed E-state index contributed by atoms with van der Waals surface area (Å²) in [5, 5.41) is 9.71. The first kappa shape index (κ1) is 23.9. The number of carbonyl (C=O) groups is 2. The zero-order valence-electron chi connectivity index (χ0n) is 20.7. The van der Waals surface area contributed by atoms with Gasteiger partial charge in [-0.1, -0.05) is 49.4 Å². The summed E-state index contributed by atoms with van der Waals surface area (Å²) in [6.07, 6.45) is 6.01. The van der Waals surface area contributed by atoms with Crippen LogP contribution < -0.4 is 16.0 Å². The van der Waals surface area contributed by atoms with Gasteiger partial charge in [-0.2, -0.15) is 0 Å². The number of carbonyl (C=O) groups excluding carboxylic acids is 2. The van der Waals surface area contributed by atoms with Crippen molar-refractivity contribution in [3.63, 3.8) is 0 Å². The topological polar surface area (TPSA) is 92.3 Å². The van der Waals surface area contributed by atoms with Crippen molar-refractivity contribution in [2.24, 2.45) is 5.92 Å². The molecule has 2 amide bonds. The SMILES string of the molecule is CCOC(=O)CCNC(=O)NC1c2ccccc2-c2c1cccc2C1Nc2cnccc2CCC1C. The molecule has 0 radical (unpaired) electrons. The summed E-state index contributed by atoms with van der Waals surface area (Å²) in [4.78, 5) is 28.7. The number of fused-ring (bicyclic) bond motifs is 4. The van der Waals surface area contributed by atoms with Crippen LogP contribution in [0.2, 0.25) is 0 Å². The summed E-state index contributed by atoms with van der Waals surface area (Å²) in [5.74, 6) is 0.0926. The summed E-state index contributed by atoms with van der Waals surface area (Å²) >= 11 is 0. The molecule has 1 aliphatic carbocycles. The molecule has 7 nitrogen and oxygen atoms in total. The number of ether oxygens (including phenoxy) is 1. The van der Waals surface area contributed by atoms with E-state index in [9.17, 15) is 9.59 Å². The molecule has 0 saturated carbocycles. The van der Waals surface area contributed by atoms with Crippen molar-refractivity contribution < 1.29 is 14.3 Å². The maximum absolute atomic E-state index is 12.8. The number of amides is 2. The molecule has 2 aliphatic rings. The van der Waals surface area contributed by atoms with Gasteiger partial charge >= 0.3 is 12.0 Å². The lowest BCUT2D eigenvalue weighted by Crippen LogP contribution is -2.38. The van der Waals surface area contributed by atoms with Crippen LogP contribution in [0.25, 0.3) is 11.1 Å². The number of anilines is 1. The van der Waals surface area contributed by atoms with Gasteiger partial charge in [0.05, 0.1) is 37.0 Å². The van der Waals surface area contributed by atoms with E-state index < -0.39 is 0 Å². The van der Waals surface area contributed by atoms with Crippen LogP contribution in [0.15, 0.2) is 60.9 Å². The van der Waals surface area contributed by atoms with E-state index in [-0.39, 0.29) is 37.0 Å². The third kappa shape index (κ3) is 4.65. The number of hydrogen-bond acceptors (Lipinski definition) is 5. The van der Waals surface area contributed by atoms with Crippen molar-refractivity contribution in [1.82, 2.24) is 15.6 Å². The molecule has 1 aromatic heterocycles. The summed E-state index contributed by atoms with van der Waals surface area (Å²) in [7, 11) is 0. The minimum Gasteiger partial charge on any atom is -0.466 e. The summed E-state index contributed by atoms with van der Waals surface area (Å²) in [6, 6.07) is 16.3. The van der Waals surface area contributed by atoms with Crippen LogP contribution in [-0.2, 0) is 16.0 Å². The highest BCUT2D eigenvalue weighted by atomic mass is 16.5. The Morgan fingerprint density at radius 1 is 1.08 bits per heavy atom. The maximum atomic E-state index is 12.8. The number of rotatable bonds is 6. The third-order valence-electron chi connectivity index (χ3n) is 7.17. The molecule has 36 heavy (non-hydrogen) atoms. The molecule has 186 valence electrons. The van der Waals surface area contributed by atoms with Crippen molar-refractivity contribution in [1.29, 1.82) is 0 Å². The number of pyridine rings is 1. The predicted molar refractivity (Wildman–Crippen MR) is 140 cm³/mol. The van der Waals surface area contributed by atoms with Crippen LogP contribution in [0.4, 0.5) is 10.5 Å². The molecule has 0 spiro atoms. The molecule has 2 aromatic carbocycles. The van der Waals surface area contributed by atoms with Crippen molar-refractivity contribution in [2.45, 2.75) is 45.2 Å². The molecule has 3 atom stereocenters. The zero-order valence-corrected chi connectivity index (χ0v) is 20.7. The number of aromatic nitrogens is 1. The number of benzene rings is 2. The van der Waals surface area contributed by atoms with Crippen LogP contribution in [0, 0.1) is 5.92 Å². The second-order valence-electron chi connectivity index (χ2n) is 9.46. The number of hydrogen-bond donors (Lipinski definition) is 3. The fraction of sp³-hybridized carbons (Fsp3) is 0.345. The van der Waals surface area contributed by atoms with Crippen LogP contribution in [0.3, 0.4) is 0 Å². The number of aryl methyl sites for hydroxylation is 1. The Morgan fingerprint density at radius 3 is 2.75 bits per heavy atom. The van der Waals surface area contributed by atoms with Gasteiger partial charge in [-0.05, 0) is 65.1 Å². The van der Waals surface area contributed by atoms with Gasteiger partial charge in [0, 0.05) is 12.7 Å². The van der Waals surface area contributed by atoms with E-state index in [1.165, 1.54) is 16.7 Å². The fourth-order valence-electron chi connectivity index (χ4n) is 5.41. The van der Waals surface area contributed by atoms with Gasteiger partial charge in [-0.15, -0.1) is 0 Å². The average molecular weight is 485 g/mol. The largest absolute Gasteiger partial charge is 0.466 e. The lowest BCUT2D eigenvalue weighted by atomic mass is 9.86. The second-order valence-corrected chi connectivity index (χ2v) is 9.46. The molecule has 0 fully saturated rings. The Morgan fingerprint density at radius 2 is 1.89 bits per heavy atom. The fourth-order valence-corrected chi connectivity index (χ4v) is 5.41. The van der Waals surface area contributed by atoms with E-state index in [0.29, 0.717) is 12.5 Å². The van der Waals surface area contributed by atoms with Gasteiger partial charge in [0.2, 0.25) is 0 Å². The van der Waals surface area contributed by atoms with Crippen LogP contribution >= 0.6 is 0 Å². The van der Waals surface area contributed by atoms with Crippen molar-refractivity contribution in [2.75, 3.05) is 18.5 Å². The first-order chi connectivity index (χ1) is 17.6. The standard InChI is InChI=1S/C29H32N4O3/c1-3-36-25(34)14-16-31-29(35)33-28-21-8-5-4-7-20(21)26-22(9-6-10-23(26)28)27-18(2)11-12-19-13-15-30-17-24(19)32-27/h4-10,13,15,17-18,27-28,32H,3,11-12,14,16H2,1-2H3,(H2,31,33,35). The smallest absolute Gasteiger partial charge is 0.315 e. The predicted octanol–water partition coefficient (Wildman–Crippen LogP) is 5.14. The summed E-state index contributed by atoms with van der Waals surface area (Å²) in [6.45, 7) is 4.62. The Kier molecular flexibility index (Phi) is 6.89. The highest BCUT2D eigenvalue weighted by Crippen LogP contribution is 2.48. The Labute approximate surface area is 211 Å².